The van der Waals surface area contributed by atoms with Crippen LogP contribution in [0.15, 0.2) is 21.9 Å². The molecule has 8 rings (SSSR count). The Balaban J connectivity index is 1.77. The molecule has 0 atom stereocenters. The van der Waals surface area contributed by atoms with Crippen molar-refractivity contribution in [3.63, 3.8) is 0 Å². The monoisotopic (exact) mass is 958 g/mol. The smallest absolute Gasteiger partial charge is 0.296 e. The molecular formula is C37H13F15N4O6S2. The van der Waals surface area contributed by atoms with Crippen LogP contribution in [0.5, 0.6) is 0 Å². The van der Waals surface area contributed by atoms with Gasteiger partial charge in [-0.1, -0.05) is 0 Å². The maximum absolute atomic E-state index is 15.8. The highest BCUT2D eigenvalue weighted by Crippen LogP contribution is 2.44. The maximum atomic E-state index is 15.8. The van der Waals surface area contributed by atoms with E-state index in [-0.39, 0.29) is 12.1 Å². The van der Waals surface area contributed by atoms with E-state index in [0.29, 0.717) is 12.2 Å². The summed E-state index contributed by atoms with van der Waals surface area (Å²) < 4.78 is 299. The number of hydrogen-bond donors (Lipinski definition) is 5. The molecule has 6 aromatic rings. The molecule has 3 aromatic heterocycles. The second-order valence-corrected chi connectivity index (χ2v) is 16.3. The maximum Gasteiger partial charge on any atom is 0.296 e. The summed E-state index contributed by atoms with van der Waals surface area (Å²) in [6.45, 7) is 0. The predicted molar refractivity (Wildman–Crippen MR) is 189 cm³/mol. The number of nitrogens with one attached hydrogen (secondary N) is 3. The second-order valence-electron chi connectivity index (χ2n) is 13.6. The van der Waals surface area contributed by atoms with Gasteiger partial charge in [0.2, 0.25) is 17.5 Å². The van der Waals surface area contributed by atoms with Gasteiger partial charge in [-0.2, -0.15) is 16.8 Å². The zero-order valence-corrected chi connectivity index (χ0v) is 31.8. The van der Waals surface area contributed by atoms with Crippen LogP contribution in [0.25, 0.3) is 67.6 Å². The van der Waals surface area contributed by atoms with Crippen LogP contribution in [0.3, 0.4) is 0 Å². The minimum atomic E-state index is -5.86. The van der Waals surface area contributed by atoms with E-state index in [1.165, 1.54) is 0 Å². The van der Waals surface area contributed by atoms with Gasteiger partial charge in [-0.25, -0.2) is 70.8 Å². The fourth-order valence-corrected chi connectivity index (χ4v) is 8.58. The van der Waals surface area contributed by atoms with Crippen LogP contribution in [-0.4, -0.2) is 45.9 Å². The molecular weight excluding hydrogens is 946 g/mol. The molecule has 0 spiro atoms. The van der Waals surface area contributed by atoms with Crippen LogP contribution in [0.4, 0.5) is 65.9 Å². The number of rotatable bonds is 5. The molecule has 27 heteroatoms. The highest BCUT2D eigenvalue weighted by molar-refractivity contribution is 7.86. The Kier molecular flexibility index (Phi) is 10.1. The first-order valence-corrected chi connectivity index (χ1v) is 19.9. The first kappa shape index (κ1) is 44.0. The van der Waals surface area contributed by atoms with Gasteiger partial charge in [-0.3, -0.25) is 9.11 Å². The average Bonchev–Trinajstić information content (AvgIpc) is 4.07. The average molecular weight is 959 g/mol. The van der Waals surface area contributed by atoms with Gasteiger partial charge >= 0.3 is 0 Å². The van der Waals surface area contributed by atoms with E-state index in [2.05, 4.69) is 19.9 Å². The molecule has 64 heavy (non-hydrogen) atoms. The number of hydrogen-bond acceptors (Lipinski definition) is 5. The van der Waals surface area contributed by atoms with Crippen molar-refractivity contribution in [3.05, 3.63) is 122 Å². The predicted octanol–water partition coefficient (Wildman–Crippen LogP) is 9.78. The molecule has 334 valence electrons. The lowest BCUT2D eigenvalue weighted by Crippen LogP contribution is -2.07. The summed E-state index contributed by atoms with van der Waals surface area (Å²) >= 11 is 0. The summed E-state index contributed by atoms with van der Waals surface area (Å²) in [5, 5.41) is 0. The lowest BCUT2D eigenvalue weighted by Gasteiger charge is -2.12. The highest BCUT2D eigenvalue weighted by atomic mass is 32.2. The number of aryl methyl sites for hydroxylation is 2. The Morgan fingerprint density at radius 2 is 0.672 bits per heavy atom. The Bertz CT molecular complexity index is 3500. The van der Waals surface area contributed by atoms with Gasteiger partial charge < -0.3 is 15.0 Å². The normalized spacial score (nSPS) is 13.1. The molecule has 0 unspecified atom stereocenters. The number of halogens is 15. The van der Waals surface area contributed by atoms with Crippen LogP contribution in [0.2, 0.25) is 0 Å². The highest BCUT2D eigenvalue weighted by Gasteiger charge is 2.36. The summed E-state index contributed by atoms with van der Waals surface area (Å²) in [6, 6.07) is 0.558. The van der Waals surface area contributed by atoms with Crippen molar-refractivity contribution in [2.24, 2.45) is 0 Å². The second kappa shape index (κ2) is 14.7. The minimum Gasteiger partial charge on any atom is -0.361 e. The molecule has 5 N–H and O–H groups in total. The standard InChI is InChI=1S/C37H13F15N4O6S2/c38-21-18(22(39)28(45)33(50)27(21)44)15-7-1-3-9(53-7)16(19-23(40)29(46)34(51)30(47)24(19)41)36-13(63(57,58)59)5-11(55-36)12-6-14(64(60,61)62)37(56-12)17(10-4-2-8(15)54-10)20-25(42)31(48)35(52)32(49)26(20)43/h1,3,5-6,54-56H,2,4H2,(H,57,58,59)(H,60,61,62). The van der Waals surface area contributed by atoms with Gasteiger partial charge in [0.1, 0.15) is 9.79 Å². The largest absolute Gasteiger partial charge is 0.361 e. The molecule has 0 fully saturated rings. The summed E-state index contributed by atoms with van der Waals surface area (Å²) in [7, 11) is -11.7. The van der Waals surface area contributed by atoms with Crippen molar-refractivity contribution in [2.45, 2.75) is 22.6 Å². The first-order valence-electron chi connectivity index (χ1n) is 17.0. The molecule has 2 aliphatic rings. The zero-order valence-electron chi connectivity index (χ0n) is 30.2. The minimum absolute atomic E-state index is 0.271. The van der Waals surface area contributed by atoms with Crippen molar-refractivity contribution in [3.8, 4) is 33.4 Å². The van der Waals surface area contributed by atoms with E-state index in [1.54, 1.807) is 0 Å². The van der Waals surface area contributed by atoms with Crippen LogP contribution < -0.4 is 0 Å². The van der Waals surface area contributed by atoms with E-state index in [9.17, 15) is 65.5 Å². The van der Waals surface area contributed by atoms with Gasteiger partial charge in [0.15, 0.2) is 69.8 Å². The topological polar surface area (TPSA) is 169 Å². The molecule has 0 amide bonds. The molecule has 3 aromatic carbocycles. The number of aromatic nitrogens is 4. The van der Waals surface area contributed by atoms with Crippen molar-refractivity contribution in [1.82, 2.24) is 19.9 Å². The molecule has 0 saturated heterocycles. The fourth-order valence-electron chi connectivity index (χ4n) is 7.23. The van der Waals surface area contributed by atoms with Crippen molar-refractivity contribution in [2.75, 3.05) is 0 Å². The zero-order chi connectivity index (χ0) is 47.0. The third kappa shape index (κ3) is 6.46. The molecule has 10 nitrogen and oxygen atoms in total. The van der Waals surface area contributed by atoms with Crippen LogP contribution >= 0.6 is 0 Å². The van der Waals surface area contributed by atoms with Crippen LogP contribution in [0, 0.1) is 87.3 Å². The van der Waals surface area contributed by atoms with E-state index in [0.717, 1.165) is 0 Å². The van der Waals surface area contributed by atoms with Gasteiger partial charge in [0.05, 0.1) is 50.1 Å². The van der Waals surface area contributed by atoms with Gasteiger partial charge in [0.25, 0.3) is 20.2 Å². The molecule has 8 bridgehead atoms. The third-order valence-corrected chi connectivity index (χ3v) is 11.7. The van der Waals surface area contributed by atoms with Crippen LogP contribution in [0.1, 0.15) is 22.8 Å². The molecule has 5 heterocycles. The molecule has 0 radical (unpaired) electrons. The quantitative estimate of drug-likeness (QED) is 0.0495. The molecule has 0 aliphatic carbocycles. The van der Waals surface area contributed by atoms with Gasteiger partial charge in [0, 0.05) is 28.1 Å². The summed E-state index contributed by atoms with van der Waals surface area (Å²) in [5.74, 6) is -40.4. The molecule has 0 saturated carbocycles. The van der Waals surface area contributed by atoms with Gasteiger partial charge in [-0.15, -0.1) is 0 Å². The van der Waals surface area contributed by atoms with Crippen LogP contribution in [-0.2, 0) is 33.1 Å². The number of nitrogens with zero attached hydrogens (tertiary/aromatic N) is 1. The summed E-state index contributed by atoms with van der Waals surface area (Å²) in [4.78, 5) is 7.17. The number of fused-ring (bicyclic) bond motifs is 9. The van der Waals surface area contributed by atoms with Crippen molar-refractivity contribution >= 4 is 54.5 Å². The Hall–Kier alpha value is -6.58. The third-order valence-electron chi connectivity index (χ3n) is 9.97. The van der Waals surface area contributed by atoms with E-state index in [4.69, 9.17) is 0 Å². The Morgan fingerprint density at radius 3 is 1.03 bits per heavy atom. The lowest BCUT2D eigenvalue weighted by atomic mass is 9.98. The molecule has 2 aliphatic heterocycles. The van der Waals surface area contributed by atoms with Crippen molar-refractivity contribution < 1.29 is 91.8 Å². The Morgan fingerprint density at radius 1 is 0.391 bits per heavy atom. The summed E-state index contributed by atoms with van der Waals surface area (Å²) in [5.41, 5.74) is -18.9. The summed E-state index contributed by atoms with van der Waals surface area (Å²) in [6.07, 6.45) is -0.702. The number of aromatic amines is 3. The number of benzene rings is 3. The van der Waals surface area contributed by atoms with E-state index in [1.807, 2.05) is 0 Å². The Labute approximate surface area is 343 Å². The SMILES string of the molecule is O=S(=O)(O)c1cc2[nH]c1c(-c1c(F)c(F)c(F)c(F)c1F)c1nc(c(-c3c(F)c(F)c(F)c(F)c3F)c3[nH]c(c(-c4c(F)c(F)c(F)c(F)c4F)c4[nH]c2cc4S(=O)(=O)O)CC3)C=C1. The van der Waals surface area contributed by atoms with E-state index < -0.39 is 208 Å². The van der Waals surface area contributed by atoms with Gasteiger partial charge in [-0.05, 0) is 37.1 Å². The van der Waals surface area contributed by atoms with E-state index >= 15 is 26.3 Å². The first-order chi connectivity index (χ1) is 29.8. The fraction of sp³-hybridized carbons (Fsp3) is 0.0541. The number of H-pyrrole nitrogens is 3. The lowest BCUT2D eigenvalue weighted by molar-refractivity contribution is 0.381. The van der Waals surface area contributed by atoms with Crippen molar-refractivity contribution in [1.29, 1.82) is 0 Å².